The van der Waals surface area contributed by atoms with E-state index in [1.807, 2.05) is 0 Å². The minimum atomic E-state index is -3.88. The molecule has 9 heteroatoms. The van der Waals surface area contributed by atoms with Crippen molar-refractivity contribution in [3.05, 3.63) is 30.3 Å². The lowest BCUT2D eigenvalue weighted by Crippen LogP contribution is -2.19. The summed E-state index contributed by atoms with van der Waals surface area (Å²) < 4.78 is 55.7. The van der Waals surface area contributed by atoms with Gasteiger partial charge in [0.05, 0.1) is 0 Å². The van der Waals surface area contributed by atoms with E-state index in [9.17, 15) is 17.5 Å². The van der Waals surface area contributed by atoms with Crippen molar-refractivity contribution in [1.29, 1.82) is 0 Å². The van der Waals surface area contributed by atoms with Crippen LogP contribution < -0.4 is 4.18 Å². The zero-order valence-corrected chi connectivity index (χ0v) is 15.0. The molecular formula is C13H20O6P2S. The van der Waals surface area contributed by atoms with Gasteiger partial charge in [-0.1, -0.05) is 18.2 Å². The molecular weight excluding hydrogens is 346 g/mol. The van der Waals surface area contributed by atoms with Crippen LogP contribution in [0.5, 0.6) is 5.75 Å². The molecule has 6 nitrogen and oxygen atoms in total. The van der Waals surface area contributed by atoms with Crippen LogP contribution in [-0.4, -0.2) is 32.5 Å². The van der Waals surface area contributed by atoms with E-state index in [1.165, 1.54) is 12.1 Å². The second kappa shape index (κ2) is 10.1. The normalized spacial score (nSPS) is 14.6. The quantitative estimate of drug-likeness (QED) is 0.339. The van der Waals surface area contributed by atoms with Crippen molar-refractivity contribution in [1.82, 2.24) is 0 Å². The Labute approximate surface area is 133 Å². The van der Waals surface area contributed by atoms with Gasteiger partial charge in [0, 0.05) is 12.3 Å². The van der Waals surface area contributed by atoms with Crippen LogP contribution in [0.4, 0.5) is 0 Å². The van der Waals surface area contributed by atoms with Gasteiger partial charge in [-0.2, -0.15) is 8.42 Å². The first-order chi connectivity index (χ1) is 10.4. The minimum absolute atomic E-state index is 0.0875. The lowest BCUT2D eigenvalue weighted by atomic mass is 10.3. The van der Waals surface area contributed by atoms with Gasteiger partial charge in [-0.15, -0.1) is 0 Å². The summed E-state index contributed by atoms with van der Waals surface area (Å²) in [4.78, 5) is 0. The van der Waals surface area contributed by atoms with Crippen LogP contribution in [-0.2, 0) is 24.0 Å². The number of para-hydroxylation sites is 1. The van der Waals surface area contributed by atoms with Crippen molar-refractivity contribution in [3.63, 3.8) is 0 Å². The lowest BCUT2D eigenvalue weighted by molar-refractivity contribution is 0.154. The largest absolute Gasteiger partial charge is 0.381 e. The van der Waals surface area contributed by atoms with E-state index in [2.05, 4.69) is 0 Å². The summed E-state index contributed by atoms with van der Waals surface area (Å²) >= 11 is 0. The average Bonchev–Trinajstić information content (AvgIpc) is 2.49. The molecule has 2 unspecified atom stereocenters. The van der Waals surface area contributed by atoms with Crippen molar-refractivity contribution >= 4 is 26.4 Å². The Morgan fingerprint density at radius 1 is 1.23 bits per heavy atom. The fraction of sp³-hybridized carbons (Fsp3) is 0.538. The summed E-state index contributed by atoms with van der Waals surface area (Å²) in [5, 5.41) is 0. The van der Waals surface area contributed by atoms with Gasteiger partial charge in [0.25, 0.3) is 0 Å². The molecule has 22 heavy (non-hydrogen) atoms. The van der Waals surface area contributed by atoms with Crippen LogP contribution in [0.2, 0.25) is 0 Å². The van der Waals surface area contributed by atoms with Gasteiger partial charge >= 0.3 is 10.1 Å². The van der Waals surface area contributed by atoms with Crippen molar-refractivity contribution in [3.8, 4) is 5.75 Å². The highest BCUT2D eigenvalue weighted by Crippen LogP contribution is 2.30. The van der Waals surface area contributed by atoms with Crippen LogP contribution in [0.15, 0.2) is 30.3 Å². The number of hydrogen-bond acceptors (Lipinski definition) is 6. The molecule has 0 N–H and O–H groups in total. The summed E-state index contributed by atoms with van der Waals surface area (Å²) in [6.45, 7) is 1.59. The van der Waals surface area contributed by atoms with Crippen molar-refractivity contribution in [2.45, 2.75) is 25.6 Å². The van der Waals surface area contributed by atoms with Gasteiger partial charge in [-0.25, -0.2) is 0 Å². The Kier molecular flexibility index (Phi) is 8.88. The molecule has 0 amide bonds. The van der Waals surface area contributed by atoms with Crippen LogP contribution >= 0.6 is 16.3 Å². The van der Waals surface area contributed by atoms with Gasteiger partial charge in [-0.05, 0) is 31.9 Å². The summed E-state index contributed by atoms with van der Waals surface area (Å²) in [6, 6.07) is 8.12. The van der Waals surface area contributed by atoms with Gasteiger partial charge in [-0.3, -0.25) is 4.57 Å². The van der Waals surface area contributed by atoms with E-state index in [-0.39, 0.29) is 14.2 Å². The van der Waals surface area contributed by atoms with Crippen LogP contribution in [0.1, 0.15) is 19.8 Å². The van der Waals surface area contributed by atoms with Gasteiger partial charge < -0.3 is 13.5 Å². The Morgan fingerprint density at radius 2 is 1.91 bits per heavy atom. The summed E-state index contributed by atoms with van der Waals surface area (Å²) in [5.41, 5.74) is 0. The van der Waals surface area contributed by atoms with Crippen LogP contribution in [0.3, 0.4) is 0 Å². The molecule has 124 valence electrons. The first-order valence-electron chi connectivity index (χ1n) is 6.85. The average molecular weight is 366 g/mol. The Bertz CT molecular complexity index is 575. The summed E-state index contributed by atoms with van der Waals surface area (Å²) in [7, 11) is -5.83. The van der Waals surface area contributed by atoms with Gasteiger partial charge in [0.15, 0.2) is 14.4 Å². The van der Waals surface area contributed by atoms with Crippen molar-refractivity contribution < 1.29 is 26.5 Å². The van der Waals surface area contributed by atoms with Crippen LogP contribution in [0.25, 0.3) is 0 Å². The van der Waals surface area contributed by atoms with E-state index in [0.29, 0.717) is 18.7 Å². The maximum atomic E-state index is 11.9. The summed E-state index contributed by atoms with van der Waals surface area (Å²) in [6.07, 6.45) is 2.42. The van der Waals surface area contributed by atoms with Crippen LogP contribution in [0, 0.1) is 0 Å². The molecule has 0 bridgehead atoms. The molecule has 0 aliphatic carbocycles. The molecule has 0 heterocycles. The van der Waals surface area contributed by atoms with E-state index in [1.54, 1.807) is 25.1 Å². The molecule has 0 spiro atoms. The molecule has 0 aromatic heterocycles. The Balaban J connectivity index is 2.37. The van der Waals surface area contributed by atoms with Crippen molar-refractivity contribution in [2.75, 3.05) is 18.3 Å². The predicted octanol–water partition coefficient (Wildman–Crippen LogP) is 3.35. The summed E-state index contributed by atoms with van der Waals surface area (Å²) in [5.74, 6) is -1.06. The highest BCUT2D eigenvalue weighted by atomic mass is 32.2. The zero-order chi connectivity index (χ0) is 16.4. The Hall–Kier alpha value is -0.740. The topological polar surface area (TPSA) is 86.7 Å². The molecule has 0 aliphatic rings. The molecule has 0 saturated heterocycles. The van der Waals surface area contributed by atoms with E-state index >= 15 is 0 Å². The fourth-order valence-corrected chi connectivity index (χ4v) is 4.17. The van der Waals surface area contributed by atoms with Gasteiger partial charge in [0.2, 0.25) is 0 Å². The van der Waals surface area contributed by atoms with E-state index < -0.39 is 29.7 Å². The second-order valence-corrected chi connectivity index (χ2v) is 9.13. The molecule has 0 fully saturated rings. The third-order valence-electron chi connectivity index (χ3n) is 2.80. The SMILES string of the molecule is CC(OCS(=O)(=O)Oc1ccccc1)[PH](=O)CCCCP=O. The molecule has 0 aliphatic heterocycles. The molecule has 1 rings (SSSR count). The lowest BCUT2D eigenvalue weighted by Gasteiger charge is -2.13. The third kappa shape index (κ3) is 8.04. The highest BCUT2D eigenvalue weighted by Gasteiger charge is 2.18. The predicted molar refractivity (Wildman–Crippen MR) is 87.0 cm³/mol. The monoisotopic (exact) mass is 366 g/mol. The number of benzene rings is 1. The molecule has 2 atom stereocenters. The smallest absolute Gasteiger partial charge is 0.333 e. The van der Waals surface area contributed by atoms with E-state index in [0.717, 1.165) is 6.42 Å². The van der Waals surface area contributed by atoms with E-state index in [4.69, 9.17) is 8.92 Å². The molecule has 0 radical (unpaired) electrons. The van der Waals surface area contributed by atoms with Crippen molar-refractivity contribution in [2.24, 2.45) is 0 Å². The molecule has 1 aromatic rings. The number of unbranched alkanes of at least 4 members (excludes halogenated alkanes) is 1. The minimum Gasteiger partial charge on any atom is -0.381 e. The zero-order valence-electron chi connectivity index (χ0n) is 12.3. The molecule has 0 saturated carbocycles. The molecule has 1 aromatic carbocycles. The third-order valence-corrected chi connectivity index (χ3v) is 6.09. The first-order valence-corrected chi connectivity index (χ1v) is 11.1. The number of hydrogen-bond donors (Lipinski definition) is 0. The first kappa shape index (κ1) is 19.3. The standard InChI is InChI=1S/C13H20O6P2S/c1-12(21(15)10-6-5-9-20-14)18-11-22(16,17)19-13-7-3-2-4-8-13/h2-4,7-8,12,21H,5-6,9-11H2,1H3. The number of ether oxygens (including phenoxy) is 1. The maximum Gasteiger partial charge on any atom is 0.333 e. The highest BCUT2D eigenvalue weighted by molar-refractivity contribution is 7.86. The Morgan fingerprint density at radius 3 is 2.55 bits per heavy atom. The second-order valence-electron chi connectivity index (χ2n) is 4.66. The maximum absolute atomic E-state index is 11.9. The number of rotatable bonds is 11. The van der Waals surface area contributed by atoms with Gasteiger partial charge in [0.1, 0.15) is 19.4 Å². The fourth-order valence-electron chi connectivity index (χ4n) is 1.60.